The van der Waals surface area contributed by atoms with E-state index in [4.69, 9.17) is 4.74 Å². The van der Waals surface area contributed by atoms with E-state index in [1.54, 1.807) is 30.6 Å². The maximum atomic E-state index is 9.27. The summed E-state index contributed by atoms with van der Waals surface area (Å²) < 4.78 is 5.49. The number of hydrogen-bond acceptors (Lipinski definition) is 5. The van der Waals surface area contributed by atoms with Crippen molar-refractivity contribution in [1.82, 2.24) is 9.97 Å². The summed E-state index contributed by atoms with van der Waals surface area (Å²) in [7, 11) is -1.56. The van der Waals surface area contributed by atoms with Gasteiger partial charge in [-0.15, -0.1) is 0 Å². The van der Waals surface area contributed by atoms with Crippen LogP contribution < -0.4 is 10.2 Å². The van der Waals surface area contributed by atoms with Crippen LogP contribution in [-0.4, -0.2) is 27.1 Å². The van der Waals surface area contributed by atoms with Crippen LogP contribution in [0.3, 0.4) is 0 Å². The van der Waals surface area contributed by atoms with Crippen LogP contribution in [0.15, 0.2) is 36.7 Å². The smallest absolute Gasteiger partial charge is 0.486 e. The van der Waals surface area contributed by atoms with Crippen molar-refractivity contribution < 1.29 is 14.8 Å². The molecule has 0 saturated carbocycles. The SMILES string of the molecule is Cc1ccc(OCc2ncccn2)c(B(O)O)c1. The van der Waals surface area contributed by atoms with Crippen LogP contribution in [0.2, 0.25) is 0 Å². The number of rotatable bonds is 4. The molecule has 2 N–H and O–H groups in total. The van der Waals surface area contributed by atoms with Crippen molar-refractivity contribution in [1.29, 1.82) is 0 Å². The zero-order chi connectivity index (χ0) is 13.0. The number of aryl methyl sites for hydroxylation is 1. The van der Waals surface area contributed by atoms with Gasteiger partial charge in [-0.2, -0.15) is 0 Å². The molecule has 0 aliphatic heterocycles. The molecule has 0 unspecified atom stereocenters. The van der Waals surface area contributed by atoms with E-state index >= 15 is 0 Å². The third-order valence-corrected chi connectivity index (χ3v) is 2.42. The first kappa shape index (κ1) is 12.5. The number of benzene rings is 1. The molecule has 1 aromatic heterocycles. The Morgan fingerprint density at radius 1 is 1.22 bits per heavy atom. The van der Waals surface area contributed by atoms with Crippen molar-refractivity contribution in [3.8, 4) is 5.75 Å². The highest BCUT2D eigenvalue weighted by molar-refractivity contribution is 6.59. The van der Waals surface area contributed by atoms with Gasteiger partial charge in [0.15, 0.2) is 5.82 Å². The molecular formula is C12H13BN2O3. The Balaban J connectivity index is 2.14. The maximum Gasteiger partial charge on any atom is 0.492 e. The lowest BCUT2D eigenvalue weighted by Gasteiger charge is -2.11. The van der Waals surface area contributed by atoms with Gasteiger partial charge in [0.05, 0.1) is 0 Å². The van der Waals surface area contributed by atoms with Crippen LogP contribution >= 0.6 is 0 Å². The van der Waals surface area contributed by atoms with E-state index in [1.807, 2.05) is 13.0 Å². The Labute approximate surface area is 105 Å². The predicted octanol–water partition coefficient (Wildman–Crippen LogP) is 0.0438. The molecule has 92 valence electrons. The Hall–Kier alpha value is -1.92. The molecule has 1 aromatic carbocycles. The van der Waals surface area contributed by atoms with Gasteiger partial charge < -0.3 is 14.8 Å². The Morgan fingerprint density at radius 2 is 1.94 bits per heavy atom. The van der Waals surface area contributed by atoms with Crippen molar-refractivity contribution in [2.45, 2.75) is 13.5 Å². The van der Waals surface area contributed by atoms with Crippen LogP contribution in [0.1, 0.15) is 11.4 Å². The van der Waals surface area contributed by atoms with E-state index in [1.165, 1.54) is 0 Å². The van der Waals surface area contributed by atoms with Gasteiger partial charge in [0, 0.05) is 17.9 Å². The Bertz CT molecular complexity index is 520. The van der Waals surface area contributed by atoms with Gasteiger partial charge in [-0.3, -0.25) is 0 Å². The molecule has 0 bridgehead atoms. The minimum Gasteiger partial charge on any atom is -0.486 e. The van der Waals surface area contributed by atoms with E-state index in [0.29, 0.717) is 17.0 Å². The molecule has 0 amide bonds. The third-order valence-electron chi connectivity index (χ3n) is 2.42. The fourth-order valence-corrected chi connectivity index (χ4v) is 1.55. The summed E-state index contributed by atoms with van der Waals surface area (Å²) in [5, 5.41) is 18.5. The molecule has 1 heterocycles. The normalized spacial score (nSPS) is 10.2. The summed E-state index contributed by atoms with van der Waals surface area (Å²) in [4.78, 5) is 8.05. The Kier molecular flexibility index (Phi) is 3.91. The quantitative estimate of drug-likeness (QED) is 0.743. The van der Waals surface area contributed by atoms with Crippen LogP contribution in [0.4, 0.5) is 0 Å². The number of hydrogen-bond donors (Lipinski definition) is 2. The van der Waals surface area contributed by atoms with E-state index < -0.39 is 7.12 Å². The minimum absolute atomic E-state index is 0.184. The van der Waals surface area contributed by atoms with Crippen molar-refractivity contribution in [2.24, 2.45) is 0 Å². The number of ether oxygens (including phenoxy) is 1. The zero-order valence-electron chi connectivity index (χ0n) is 9.95. The van der Waals surface area contributed by atoms with Gasteiger partial charge >= 0.3 is 7.12 Å². The zero-order valence-corrected chi connectivity index (χ0v) is 9.95. The second-order valence-corrected chi connectivity index (χ2v) is 3.87. The van der Waals surface area contributed by atoms with Crippen LogP contribution in [0, 0.1) is 6.92 Å². The fourth-order valence-electron chi connectivity index (χ4n) is 1.55. The van der Waals surface area contributed by atoms with E-state index in [0.717, 1.165) is 5.56 Å². The first-order valence-electron chi connectivity index (χ1n) is 5.52. The highest BCUT2D eigenvalue weighted by Gasteiger charge is 2.17. The van der Waals surface area contributed by atoms with Gasteiger partial charge in [-0.1, -0.05) is 17.7 Å². The van der Waals surface area contributed by atoms with Gasteiger partial charge in [0.2, 0.25) is 0 Å². The average molecular weight is 244 g/mol. The summed E-state index contributed by atoms with van der Waals surface area (Å²) in [6.45, 7) is 2.06. The van der Waals surface area contributed by atoms with Gasteiger partial charge in [0.1, 0.15) is 12.4 Å². The van der Waals surface area contributed by atoms with Crippen molar-refractivity contribution in [3.05, 3.63) is 48.0 Å². The van der Waals surface area contributed by atoms with Crippen molar-refractivity contribution in [2.75, 3.05) is 0 Å². The van der Waals surface area contributed by atoms with Crippen LogP contribution in [0.5, 0.6) is 5.75 Å². The summed E-state index contributed by atoms with van der Waals surface area (Å²) >= 11 is 0. The third kappa shape index (κ3) is 3.06. The van der Waals surface area contributed by atoms with Crippen molar-refractivity contribution in [3.63, 3.8) is 0 Å². The lowest BCUT2D eigenvalue weighted by Crippen LogP contribution is -2.31. The first-order chi connectivity index (χ1) is 8.66. The van der Waals surface area contributed by atoms with E-state index in [-0.39, 0.29) is 6.61 Å². The fraction of sp³-hybridized carbons (Fsp3) is 0.167. The molecule has 0 atom stereocenters. The topological polar surface area (TPSA) is 75.5 Å². The Morgan fingerprint density at radius 3 is 2.61 bits per heavy atom. The molecule has 18 heavy (non-hydrogen) atoms. The molecule has 0 radical (unpaired) electrons. The number of aromatic nitrogens is 2. The maximum absolute atomic E-state index is 9.27. The second-order valence-electron chi connectivity index (χ2n) is 3.87. The molecule has 5 nitrogen and oxygen atoms in total. The molecule has 2 aromatic rings. The molecule has 2 rings (SSSR count). The van der Waals surface area contributed by atoms with Gasteiger partial charge in [0.25, 0.3) is 0 Å². The molecular weight excluding hydrogens is 231 g/mol. The van der Waals surface area contributed by atoms with E-state index in [9.17, 15) is 10.0 Å². The van der Waals surface area contributed by atoms with Crippen LogP contribution in [-0.2, 0) is 6.61 Å². The second kappa shape index (κ2) is 5.62. The lowest BCUT2D eigenvalue weighted by atomic mass is 9.79. The largest absolute Gasteiger partial charge is 0.492 e. The average Bonchev–Trinajstić information content (AvgIpc) is 2.38. The molecule has 0 saturated heterocycles. The summed E-state index contributed by atoms with van der Waals surface area (Å²) in [5.41, 5.74) is 1.27. The standard InChI is InChI=1S/C12H13BN2O3/c1-9-3-4-11(10(7-9)13(16)17)18-8-12-14-5-2-6-15-12/h2-7,16-17H,8H2,1H3. The van der Waals surface area contributed by atoms with Crippen molar-refractivity contribution >= 4 is 12.6 Å². The van der Waals surface area contributed by atoms with Gasteiger partial charge in [-0.05, 0) is 19.1 Å². The lowest BCUT2D eigenvalue weighted by molar-refractivity contribution is 0.296. The predicted molar refractivity (Wildman–Crippen MR) is 67.4 cm³/mol. The van der Waals surface area contributed by atoms with E-state index in [2.05, 4.69) is 9.97 Å². The summed E-state index contributed by atoms with van der Waals surface area (Å²) in [6, 6.07) is 6.93. The molecule has 0 spiro atoms. The highest BCUT2D eigenvalue weighted by atomic mass is 16.5. The van der Waals surface area contributed by atoms with Gasteiger partial charge in [-0.25, -0.2) is 9.97 Å². The summed E-state index contributed by atoms with van der Waals surface area (Å²) in [6.07, 6.45) is 3.26. The molecule has 0 fully saturated rings. The van der Waals surface area contributed by atoms with Crippen LogP contribution in [0.25, 0.3) is 0 Å². The first-order valence-corrected chi connectivity index (χ1v) is 5.52. The summed E-state index contributed by atoms with van der Waals surface area (Å²) in [5.74, 6) is 0.958. The molecule has 0 aliphatic carbocycles. The highest BCUT2D eigenvalue weighted by Crippen LogP contribution is 2.11. The molecule has 6 heteroatoms. The number of nitrogens with zero attached hydrogens (tertiary/aromatic N) is 2. The molecule has 0 aliphatic rings. The monoisotopic (exact) mass is 244 g/mol. The minimum atomic E-state index is -1.56.